The van der Waals surface area contributed by atoms with E-state index in [1.165, 1.54) is 6.07 Å². The largest absolute Gasteiger partial charge is 0.417 e. The highest BCUT2D eigenvalue weighted by atomic mass is 127. The highest BCUT2D eigenvalue weighted by Gasteiger charge is 2.43. The quantitative estimate of drug-likeness (QED) is 0.450. The molecule has 0 fully saturated rings. The lowest BCUT2D eigenvalue weighted by atomic mass is 10.1. The van der Waals surface area contributed by atoms with Gasteiger partial charge in [-0.05, 0) is 88.9 Å². The zero-order valence-corrected chi connectivity index (χ0v) is 20.4. The molecule has 3 nitrogen and oxygen atoms in total. The first-order valence-electron chi connectivity index (χ1n) is 9.36. The van der Waals surface area contributed by atoms with Gasteiger partial charge in [-0.15, -0.1) is 0 Å². The van der Waals surface area contributed by atoms with Crippen LogP contribution in [0.2, 0.25) is 0 Å². The third-order valence-corrected chi connectivity index (χ3v) is 12.2. The average Bonchev–Trinajstić information content (AvgIpc) is 2.70. The van der Waals surface area contributed by atoms with Crippen molar-refractivity contribution in [1.29, 1.82) is 0 Å². The Bertz CT molecular complexity index is 1170. The summed E-state index contributed by atoms with van der Waals surface area (Å²) in [6, 6.07) is 15.2. The predicted molar refractivity (Wildman–Crippen MR) is 109 cm³/mol. The lowest BCUT2D eigenvalue weighted by Crippen LogP contribution is -3.85. The highest BCUT2D eigenvalue weighted by molar-refractivity contribution is 7.86. The van der Waals surface area contributed by atoms with E-state index < -0.39 is 47.0 Å². The minimum Gasteiger partial charge on any atom is -0.190 e. The van der Waals surface area contributed by atoms with Gasteiger partial charge in [0.1, 0.15) is 4.90 Å². The summed E-state index contributed by atoms with van der Waals surface area (Å²) >= 11 is -3.10. The fourth-order valence-corrected chi connectivity index (χ4v) is 10.4. The van der Waals surface area contributed by atoms with E-state index in [4.69, 9.17) is 2.51 Å². The summed E-state index contributed by atoms with van der Waals surface area (Å²) in [7, 11) is -4.67. The van der Waals surface area contributed by atoms with Crippen LogP contribution in [-0.2, 0) is 18.8 Å². The smallest absolute Gasteiger partial charge is 0.190 e. The molecule has 0 aliphatic carbocycles. The topological polar surface area (TPSA) is 43.4 Å². The maximum Gasteiger partial charge on any atom is 0.417 e. The SMILES string of the molecule is Cc1ccc([I+](OS(=O)(=O)c2ccccc2C(F)(F)F)c2ccc(C)c(C)c2)cc1C. The number of rotatable bonds is 5. The second-order valence-electron chi connectivity index (χ2n) is 7.22. The van der Waals surface area contributed by atoms with Crippen molar-refractivity contribution in [2.24, 2.45) is 0 Å². The predicted octanol–water partition coefficient (Wildman–Crippen LogP) is 2.92. The van der Waals surface area contributed by atoms with Gasteiger partial charge in [0.2, 0.25) is 0 Å². The van der Waals surface area contributed by atoms with Crippen LogP contribution in [0.15, 0.2) is 65.6 Å². The maximum absolute atomic E-state index is 13.4. The van der Waals surface area contributed by atoms with Crippen LogP contribution >= 0.6 is 0 Å². The van der Waals surface area contributed by atoms with Crippen molar-refractivity contribution in [3.63, 3.8) is 0 Å². The fraction of sp³-hybridized carbons (Fsp3) is 0.217. The Balaban J connectivity index is 2.15. The summed E-state index contributed by atoms with van der Waals surface area (Å²) in [5.74, 6) is 0. The Hall–Kier alpha value is -1.91. The van der Waals surface area contributed by atoms with Gasteiger partial charge in [0.15, 0.2) is 7.14 Å². The molecule has 1 radical (unpaired) electrons. The summed E-state index contributed by atoms with van der Waals surface area (Å²) < 4.78 is 73.5. The highest BCUT2D eigenvalue weighted by Crippen LogP contribution is 2.34. The zero-order valence-electron chi connectivity index (χ0n) is 17.4. The Morgan fingerprint density at radius 2 is 1.23 bits per heavy atom. The summed E-state index contributed by atoms with van der Waals surface area (Å²) in [6.07, 6.45) is -4.81. The van der Waals surface area contributed by atoms with Crippen LogP contribution in [0, 0.1) is 34.8 Å². The molecule has 0 N–H and O–H groups in total. The maximum atomic E-state index is 13.4. The summed E-state index contributed by atoms with van der Waals surface area (Å²) in [5.41, 5.74) is 2.75. The van der Waals surface area contributed by atoms with Crippen LogP contribution in [0.1, 0.15) is 27.8 Å². The monoisotopic (exact) mass is 562 g/mol. The molecule has 165 valence electrons. The molecule has 0 bridgehead atoms. The molecule has 0 spiro atoms. The number of alkyl halides is 3. The van der Waals surface area contributed by atoms with Gasteiger partial charge in [-0.2, -0.15) is 21.6 Å². The van der Waals surface area contributed by atoms with Crippen molar-refractivity contribution >= 4 is 10.1 Å². The van der Waals surface area contributed by atoms with Gasteiger partial charge in [-0.25, -0.2) is 0 Å². The number of benzene rings is 3. The third-order valence-electron chi connectivity index (χ3n) is 4.94. The fourth-order valence-electron chi connectivity index (χ4n) is 2.86. The molecule has 0 saturated carbocycles. The van der Waals surface area contributed by atoms with Gasteiger partial charge in [-0.3, -0.25) is 0 Å². The Morgan fingerprint density at radius 3 is 1.68 bits per heavy atom. The number of aryl methyl sites for hydroxylation is 4. The third kappa shape index (κ3) is 5.30. The average molecular weight is 562 g/mol. The summed E-state index contributed by atoms with van der Waals surface area (Å²) in [6.45, 7) is 7.68. The summed E-state index contributed by atoms with van der Waals surface area (Å²) in [5, 5.41) is 0. The van der Waals surface area contributed by atoms with Gasteiger partial charge in [0, 0.05) is 0 Å². The molecule has 0 aliphatic rings. The van der Waals surface area contributed by atoms with Gasteiger partial charge in [0.25, 0.3) is 0 Å². The van der Waals surface area contributed by atoms with E-state index in [-0.39, 0.29) is 0 Å². The first-order chi connectivity index (χ1) is 14.4. The first kappa shape index (κ1) is 23.7. The molecule has 0 heterocycles. The van der Waals surface area contributed by atoms with Crippen molar-refractivity contribution in [2.45, 2.75) is 38.8 Å². The van der Waals surface area contributed by atoms with Crippen LogP contribution in [-0.4, -0.2) is 8.42 Å². The Kier molecular flexibility index (Phi) is 6.83. The van der Waals surface area contributed by atoms with Crippen molar-refractivity contribution in [1.82, 2.24) is 0 Å². The first-order valence-corrected chi connectivity index (χ1v) is 13.8. The second kappa shape index (κ2) is 8.91. The molecule has 0 aromatic heterocycles. The lowest BCUT2D eigenvalue weighted by molar-refractivity contribution is -1.03. The zero-order chi connectivity index (χ0) is 23.0. The van der Waals surface area contributed by atoms with E-state index in [2.05, 4.69) is 0 Å². The molecule has 0 aliphatic heterocycles. The van der Waals surface area contributed by atoms with E-state index in [1.807, 2.05) is 52.0 Å². The minimum atomic E-state index is -4.81. The summed E-state index contributed by atoms with van der Waals surface area (Å²) in [4.78, 5) is -0.863. The molecular formula is C23H22F3IO3S+. The van der Waals surface area contributed by atoms with Crippen molar-refractivity contribution in [3.8, 4) is 0 Å². The van der Waals surface area contributed by atoms with Gasteiger partial charge in [-0.1, -0.05) is 24.3 Å². The van der Waals surface area contributed by atoms with Gasteiger partial charge < -0.3 is 0 Å². The van der Waals surface area contributed by atoms with E-state index in [1.54, 1.807) is 12.1 Å². The van der Waals surface area contributed by atoms with E-state index in [0.717, 1.165) is 40.5 Å². The van der Waals surface area contributed by atoms with Gasteiger partial charge in [0.05, 0.1) is 5.56 Å². The van der Waals surface area contributed by atoms with Crippen LogP contribution in [0.3, 0.4) is 0 Å². The standard InChI is InChI=1S/C23H22F3IO3S/c1-15-9-11-19(13-17(15)3)27(20-12-10-16(2)18(4)14-20)30-31(28,29)22-8-6-5-7-21(22)23(24,25)26/h5-14H,1-4H3/q+1. The van der Waals surface area contributed by atoms with Gasteiger partial charge >= 0.3 is 36.5 Å². The number of halogens is 4. The number of hydrogen-bond donors (Lipinski definition) is 0. The molecule has 0 atom stereocenters. The minimum absolute atomic E-state index is 0.698. The lowest BCUT2D eigenvalue weighted by Gasteiger charge is -2.13. The molecule has 0 saturated heterocycles. The van der Waals surface area contributed by atoms with Crippen molar-refractivity contribution < 1.29 is 44.3 Å². The van der Waals surface area contributed by atoms with E-state index >= 15 is 0 Å². The number of hydrogen-bond acceptors (Lipinski definition) is 3. The molecule has 3 aromatic carbocycles. The molecule has 0 unspecified atom stereocenters. The molecular weight excluding hydrogens is 540 g/mol. The van der Waals surface area contributed by atoms with E-state index in [9.17, 15) is 21.6 Å². The van der Waals surface area contributed by atoms with Crippen LogP contribution in [0.5, 0.6) is 0 Å². The Morgan fingerprint density at radius 1 is 0.742 bits per heavy atom. The van der Waals surface area contributed by atoms with E-state index in [0.29, 0.717) is 7.14 Å². The van der Waals surface area contributed by atoms with Crippen LogP contribution in [0.25, 0.3) is 0 Å². The normalized spacial score (nSPS) is 12.4. The molecule has 8 heteroatoms. The second-order valence-corrected chi connectivity index (χ2v) is 13.7. The van der Waals surface area contributed by atoms with Crippen molar-refractivity contribution in [2.75, 3.05) is 0 Å². The molecule has 3 aromatic rings. The Labute approximate surface area is 188 Å². The molecule has 3 rings (SSSR count). The van der Waals surface area contributed by atoms with Crippen LogP contribution in [0.4, 0.5) is 13.2 Å². The van der Waals surface area contributed by atoms with Crippen LogP contribution < -0.4 is 20.2 Å². The molecule has 0 amide bonds. The molecule has 31 heavy (non-hydrogen) atoms. The van der Waals surface area contributed by atoms with Crippen molar-refractivity contribution in [3.05, 3.63) is 95.6 Å².